The van der Waals surface area contributed by atoms with E-state index >= 15 is 0 Å². The van der Waals surface area contributed by atoms with Crippen LogP contribution < -0.4 is 14.2 Å². The minimum atomic E-state index is -0.672. The van der Waals surface area contributed by atoms with E-state index in [9.17, 15) is 9.59 Å². The van der Waals surface area contributed by atoms with Crippen molar-refractivity contribution in [2.24, 2.45) is 16.9 Å². The van der Waals surface area contributed by atoms with Gasteiger partial charge in [0.25, 0.3) is 0 Å². The summed E-state index contributed by atoms with van der Waals surface area (Å²) in [6.07, 6.45) is 7.90. The average Bonchev–Trinajstić information content (AvgIpc) is 3.13. The summed E-state index contributed by atoms with van der Waals surface area (Å²) in [6, 6.07) is 21.9. The first-order chi connectivity index (χ1) is 24.2. The number of rotatable bonds is 15. The molecule has 3 aromatic carbocycles. The van der Waals surface area contributed by atoms with E-state index in [1.807, 2.05) is 68.4 Å². The first-order valence-corrected chi connectivity index (χ1v) is 18.1. The molecule has 2 atom stereocenters. The van der Waals surface area contributed by atoms with Crippen molar-refractivity contribution in [3.63, 3.8) is 0 Å². The lowest BCUT2D eigenvalue weighted by molar-refractivity contribution is -0.180. The molecule has 3 aromatic rings. The van der Waals surface area contributed by atoms with Gasteiger partial charge in [-0.2, -0.15) is 5.10 Å². The molecule has 2 unspecified atom stereocenters. The number of fused-ring (bicyclic) bond motifs is 2. The largest absolute Gasteiger partial charge is 0.493 e. The Hall–Kier alpha value is -4.21. The maximum atomic E-state index is 13.6. The molecule has 0 spiro atoms. The van der Waals surface area contributed by atoms with Gasteiger partial charge in [-0.05, 0) is 74.2 Å². The molecule has 2 heterocycles. The molecule has 1 amide bonds. The Bertz CT molecular complexity index is 1670. The van der Waals surface area contributed by atoms with Crippen LogP contribution in [0.1, 0.15) is 92.3 Å². The van der Waals surface area contributed by atoms with Crippen LogP contribution in [-0.4, -0.2) is 67.0 Å². The number of hydrogen-bond acceptors (Lipinski definition) is 8. The second kappa shape index (κ2) is 16.2. The number of amides is 1. The zero-order valence-electron chi connectivity index (χ0n) is 30.0. The molecule has 0 aromatic heterocycles. The van der Waals surface area contributed by atoms with Crippen LogP contribution in [0.15, 0.2) is 71.8 Å². The number of hydrazone groups is 1. The van der Waals surface area contributed by atoms with Gasteiger partial charge < -0.3 is 18.9 Å². The molecule has 1 saturated carbocycles. The fourth-order valence-electron chi connectivity index (χ4n) is 7.44. The standard InChI is InChI=1S/C41H51N3O6/c1-41(2)49-28-32-24-30(18-20-36(32)50-41)35(45)27-43(26-29-14-8-7-9-15-29)22-12-5-6-13-23-44-40(46)34-17-11-10-16-33(34)39(42-44)31-19-21-37(47-3)38(25-31)48-4/h7-9,14-15,18-21,24-25,33-34H,5-6,10-13,16-17,22-23,26-28H2,1-4H3. The van der Waals surface area contributed by atoms with E-state index < -0.39 is 5.79 Å². The lowest BCUT2D eigenvalue weighted by Gasteiger charge is -2.38. The van der Waals surface area contributed by atoms with Crippen LogP contribution in [-0.2, 0) is 22.7 Å². The van der Waals surface area contributed by atoms with Crippen LogP contribution in [0.3, 0.4) is 0 Å². The molecule has 1 aliphatic carbocycles. The zero-order valence-corrected chi connectivity index (χ0v) is 30.0. The smallest absolute Gasteiger partial charge is 0.246 e. The van der Waals surface area contributed by atoms with Crippen LogP contribution in [0, 0.1) is 11.8 Å². The molecule has 0 bridgehead atoms. The van der Waals surface area contributed by atoms with Crippen molar-refractivity contribution in [3.8, 4) is 17.2 Å². The Morgan fingerprint density at radius 1 is 0.920 bits per heavy atom. The van der Waals surface area contributed by atoms with E-state index in [2.05, 4.69) is 17.0 Å². The average molecular weight is 682 g/mol. The Balaban J connectivity index is 1.05. The molecule has 0 saturated heterocycles. The predicted molar refractivity (Wildman–Crippen MR) is 194 cm³/mol. The molecule has 50 heavy (non-hydrogen) atoms. The molecule has 2 aliphatic heterocycles. The third-order valence-electron chi connectivity index (χ3n) is 10.1. The maximum absolute atomic E-state index is 13.6. The fourth-order valence-corrected chi connectivity index (χ4v) is 7.44. The van der Waals surface area contributed by atoms with Crippen LogP contribution >= 0.6 is 0 Å². The SMILES string of the molecule is COc1ccc(C2=NN(CCCCCCN(CC(=O)c3ccc4c(c3)COC(C)(C)O4)Cc3ccccc3)C(=O)C3CCCCC23)cc1OC. The van der Waals surface area contributed by atoms with Gasteiger partial charge >= 0.3 is 0 Å². The van der Waals surface area contributed by atoms with Crippen LogP contribution in [0.4, 0.5) is 0 Å². The van der Waals surface area contributed by atoms with Crippen molar-refractivity contribution < 1.29 is 28.5 Å². The number of carbonyl (C=O) groups is 2. The Labute approximate surface area is 296 Å². The highest BCUT2D eigenvalue weighted by atomic mass is 16.7. The van der Waals surface area contributed by atoms with Gasteiger partial charge in [-0.1, -0.05) is 56.0 Å². The van der Waals surface area contributed by atoms with E-state index in [1.165, 1.54) is 5.56 Å². The number of benzene rings is 3. The minimum absolute atomic E-state index is 0.0181. The first-order valence-electron chi connectivity index (χ1n) is 18.1. The van der Waals surface area contributed by atoms with Gasteiger partial charge in [0, 0.05) is 55.5 Å². The number of ketones is 1. The van der Waals surface area contributed by atoms with Gasteiger partial charge in [0.05, 0.1) is 33.1 Å². The monoisotopic (exact) mass is 681 g/mol. The van der Waals surface area contributed by atoms with E-state index in [0.29, 0.717) is 43.3 Å². The molecule has 266 valence electrons. The topological polar surface area (TPSA) is 89.9 Å². The summed E-state index contributed by atoms with van der Waals surface area (Å²) in [7, 11) is 3.28. The highest BCUT2D eigenvalue weighted by Crippen LogP contribution is 2.39. The number of Topliss-reactive ketones (excluding diaryl/α,β-unsaturated/α-hetero) is 1. The third kappa shape index (κ3) is 8.56. The van der Waals surface area contributed by atoms with Gasteiger partial charge in [0.2, 0.25) is 11.7 Å². The van der Waals surface area contributed by atoms with E-state index in [4.69, 9.17) is 24.0 Å². The number of unbranched alkanes of at least 4 members (excludes halogenated alkanes) is 3. The zero-order chi connectivity index (χ0) is 35.1. The van der Waals surface area contributed by atoms with Crippen LogP contribution in [0.25, 0.3) is 0 Å². The summed E-state index contributed by atoms with van der Waals surface area (Å²) in [5.41, 5.74) is 4.73. The summed E-state index contributed by atoms with van der Waals surface area (Å²) < 4.78 is 22.8. The fraction of sp³-hybridized carbons (Fsp3) is 0.488. The summed E-state index contributed by atoms with van der Waals surface area (Å²) in [5, 5.41) is 6.71. The number of hydrogen-bond donors (Lipinski definition) is 0. The molecule has 9 heteroatoms. The molecular weight excluding hydrogens is 630 g/mol. The second-order valence-corrected chi connectivity index (χ2v) is 14.2. The predicted octanol–water partition coefficient (Wildman–Crippen LogP) is 7.65. The summed E-state index contributed by atoms with van der Waals surface area (Å²) >= 11 is 0. The second-order valence-electron chi connectivity index (χ2n) is 14.2. The summed E-state index contributed by atoms with van der Waals surface area (Å²) in [5.74, 6) is 1.82. The lowest BCUT2D eigenvalue weighted by Crippen LogP contribution is -2.46. The third-order valence-corrected chi connectivity index (χ3v) is 10.1. The lowest BCUT2D eigenvalue weighted by atomic mass is 9.73. The van der Waals surface area contributed by atoms with Crippen molar-refractivity contribution in [2.45, 2.75) is 84.2 Å². The molecule has 1 fully saturated rings. The molecule has 0 radical (unpaired) electrons. The van der Waals surface area contributed by atoms with Gasteiger partial charge in [0.15, 0.2) is 17.3 Å². The van der Waals surface area contributed by atoms with E-state index in [-0.39, 0.29) is 23.5 Å². The number of ether oxygens (including phenoxy) is 4. The Kier molecular flexibility index (Phi) is 11.5. The van der Waals surface area contributed by atoms with Crippen molar-refractivity contribution >= 4 is 17.4 Å². The number of nitrogens with zero attached hydrogens (tertiary/aromatic N) is 3. The van der Waals surface area contributed by atoms with Gasteiger partial charge in [0.1, 0.15) is 5.75 Å². The van der Waals surface area contributed by atoms with E-state index in [1.54, 1.807) is 19.2 Å². The van der Waals surface area contributed by atoms with Crippen molar-refractivity contribution in [1.29, 1.82) is 0 Å². The highest BCUT2D eigenvalue weighted by molar-refractivity contribution is 6.07. The maximum Gasteiger partial charge on any atom is 0.246 e. The van der Waals surface area contributed by atoms with E-state index in [0.717, 1.165) is 80.5 Å². The normalized spacial score (nSPS) is 19.7. The van der Waals surface area contributed by atoms with Gasteiger partial charge in [-0.3, -0.25) is 14.5 Å². The highest BCUT2D eigenvalue weighted by Gasteiger charge is 2.41. The molecular formula is C41H51N3O6. The molecule has 0 N–H and O–H groups in total. The van der Waals surface area contributed by atoms with Crippen LogP contribution in [0.5, 0.6) is 17.2 Å². The molecule has 9 nitrogen and oxygen atoms in total. The molecule has 6 rings (SSSR count). The first kappa shape index (κ1) is 35.6. The molecule has 3 aliphatic rings. The van der Waals surface area contributed by atoms with Crippen molar-refractivity contribution in [1.82, 2.24) is 9.91 Å². The van der Waals surface area contributed by atoms with Crippen molar-refractivity contribution in [2.75, 3.05) is 33.9 Å². The number of carbonyl (C=O) groups excluding carboxylic acids is 2. The van der Waals surface area contributed by atoms with Crippen molar-refractivity contribution in [3.05, 3.63) is 89.0 Å². The quantitative estimate of drug-likeness (QED) is 0.120. The van der Waals surface area contributed by atoms with Gasteiger partial charge in [-0.25, -0.2) is 5.01 Å². The number of methoxy groups -OCH3 is 2. The summed E-state index contributed by atoms with van der Waals surface area (Å²) in [6.45, 7) is 6.65. The Morgan fingerprint density at radius 3 is 2.46 bits per heavy atom. The summed E-state index contributed by atoms with van der Waals surface area (Å²) in [4.78, 5) is 29.3. The van der Waals surface area contributed by atoms with Crippen LogP contribution in [0.2, 0.25) is 0 Å². The van der Waals surface area contributed by atoms with Gasteiger partial charge in [-0.15, -0.1) is 0 Å². The minimum Gasteiger partial charge on any atom is -0.493 e. The Morgan fingerprint density at radius 2 is 1.68 bits per heavy atom.